The van der Waals surface area contributed by atoms with Crippen LogP contribution in [0.25, 0.3) is 0 Å². The van der Waals surface area contributed by atoms with Gasteiger partial charge < -0.3 is 4.74 Å². The van der Waals surface area contributed by atoms with Crippen LogP contribution in [0, 0.1) is 12.3 Å². The van der Waals surface area contributed by atoms with E-state index in [4.69, 9.17) is 6.42 Å². The molecule has 0 aliphatic heterocycles. The van der Waals surface area contributed by atoms with E-state index in [1.54, 1.807) is 6.07 Å². The van der Waals surface area contributed by atoms with E-state index < -0.39 is 6.61 Å². The molecular formula is C12H10F2O2. The molecule has 0 N–H and O–H groups in total. The van der Waals surface area contributed by atoms with Crippen molar-refractivity contribution < 1.29 is 18.3 Å². The summed E-state index contributed by atoms with van der Waals surface area (Å²) >= 11 is 0. The Kier molecular flexibility index (Phi) is 4.46. The molecule has 0 saturated heterocycles. The molecule has 0 aliphatic carbocycles. The lowest BCUT2D eigenvalue weighted by molar-refractivity contribution is -0.0501. The van der Waals surface area contributed by atoms with Gasteiger partial charge in [-0.1, -0.05) is 12.1 Å². The van der Waals surface area contributed by atoms with Crippen molar-refractivity contribution in [3.05, 3.63) is 29.8 Å². The van der Waals surface area contributed by atoms with Crippen LogP contribution < -0.4 is 4.74 Å². The van der Waals surface area contributed by atoms with Gasteiger partial charge in [0, 0.05) is 12.8 Å². The first kappa shape index (κ1) is 12.2. The number of carbonyl (C=O) groups is 1. The van der Waals surface area contributed by atoms with Crippen LogP contribution in [-0.2, 0) is 0 Å². The van der Waals surface area contributed by atoms with E-state index in [1.807, 2.05) is 0 Å². The first-order chi connectivity index (χ1) is 7.65. The smallest absolute Gasteiger partial charge is 0.387 e. The number of hydrogen-bond donors (Lipinski definition) is 0. The van der Waals surface area contributed by atoms with Crippen molar-refractivity contribution >= 4 is 5.78 Å². The molecule has 0 unspecified atom stereocenters. The Morgan fingerprint density at radius 2 is 2.12 bits per heavy atom. The van der Waals surface area contributed by atoms with Gasteiger partial charge in [0.05, 0.1) is 5.56 Å². The highest BCUT2D eigenvalue weighted by Gasteiger charge is 2.14. The Morgan fingerprint density at radius 1 is 1.44 bits per heavy atom. The lowest BCUT2D eigenvalue weighted by Crippen LogP contribution is -2.07. The second kappa shape index (κ2) is 5.86. The maximum absolute atomic E-state index is 12.1. The molecule has 1 rings (SSSR count). The topological polar surface area (TPSA) is 26.3 Å². The first-order valence-corrected chi connectivity index (χ1v) is 4.65. The van der Waals surface area contributed by atoms with Gasteiger partial charge in [-0.25, -0.2) is 0 Å². The van der Waals surface area contributed by atoms with E-state index in [-0.39, 0.29) is 29.9 Å². The lowest BCUT2D eigenvalue weighted by Gasteiger charge is -2.08. The van der Waals surface area contributed by atoms with Gasteiger partial charge in [-0.2, -0.15) is 8.78 Å². The van der Waals surface area contributed by atoms with Crippen molar-refractivity contribution in [3.8, 4) is 18.1 Å². The van der Waals surface area contributed by atoms with Crippen LogP contribution in [0.2, 0.25) is 0 Å². The predicted molar refractivity (Wildman–Crippen MR) is 55.5 cm³/mol. The fraction of sp³-hybridized carbons (Fsp3) is 0.250. The summed E-state index contributed by atoms with van der Waals surface area (Å²) in [5.74, 6) is 1.91. The van der Waals surface area contributed by atoms with Gasteiger partial charge in [-0.15, -0.1) is 12.3 Å². The van der Waals surface area contributed by atoms with E-state index in [9.17, 15) is 13.6 Å². The van der Waals surface area contributed by atoms with Gasteiger partial charge in [0.25, 0.3) is 0 Å². The number of ether oxygens (including phenoxy) is 1. The molecule has 0 spiro atoms. The summed E-state index contributed by atoms with van der Waals surface area (Å²) in [5, 5.41) is 0. The largest absolute Gasteiger partial charge is 0.434 e. The van der Waals surface area contributed by atoms with E-state index in [2.05, 4.69) is 10.7 Å². The zero-order chi connectivity index (χ0) is 12.0. The van der Waals surface area contributed by atoms with Crippen molar-refractivity contribution in [1.82, 2.24) is 0 Å². The molecule has 0 amide bonds. The molecule has 84 valence electrons. The minimum Gasteiger partial charge on any atom is -0.434 e. The number of benzene rings is 1. The quantitative estimate of drug-likeness (QED) is 0.567. The summed E-state index contributed by atoms with van der Waals surface area (Å²) in [7, 11) is 0. The summed E-state index contributed by atoms with van der Waals surface area (Å²) in [4.78, 5) is 11.6. The molecule has 0 heterocycles. The Balaban J connectivity index is 2.86. The zero-order valence-electron chi connectivity index (χ0n) is 8.45. The van der Waals surface area contributed by atoms with Crippen LogP contribution >= 0.6 is 0 Å². The van der Waals surface area contributed by atoms with Crippen molar-refractivity contribution in [2.24, 2.45) is 0 Å². The molecule has 2 nitrogen and oxygen atoms in total. The van der Waals surface area contributed by atoms with Crippen molar-refractivity contribution in [2.75, 3.05) is 0 Å². The predicted octanol–water partition coefficient (Wildman–Crippen LogP) is 2.88. The van der Waals surface area contributed by atoms with Crippen LogP contribution in [0.5, 0.6) is 5.75 Å². The van der Waals surface area contributed by atoms with Crippen LogP contribution in [-0.4, -0.2) is 12.4 Å². The summed E-state index contributed by atoms with van der Waals surface area (Å²) in [5.41, 5.74) is 0.137. The zero-order valence-corrected chi connectivity index (χ0v) is 8.45. The Labute approximate surface area is 92.2 Å². The molecule has 1 aromatic carbocycles. The molecular weight excluding hydrogens is 214 g/mol. The second-order valence-corrected chi connectivity index (χ2v) is 3.00. The third-order valence-electron chi connectivity index (χ3n) is 1.90. The highest BCUT2D eigenvalue weighted by Crippen LogP contribution is 2.21. The number of Topliss-reactive ketones (excluding diaryl/α,β-unsaturated/α-hetero) is 1. The number of hydrogen-bond acceptors (Lipinski definition) is 2. The summed E-state index contributed by atoms with van der Waals surface area (Å²) in [6, 6.07) is 5.88. The van der Waals surface area contributed by atoms with Gasteiger partial charge in [-0.3, -0.25) is 4.79 Å². The average Bonchev–Trinajstić information content (AvgIpc) is 2.26. The molecule has 16 heavy (non-hydrogen) atoms. The van der Waals surface area contributed by atoms with Gasteiger partial charge in [-0.05, 0) is 12.1 Å². The van der Waals surface area contributed by atoms with E-state index >= 15 is 0 Å². The van der Waals surface area contributed by atoms with Crippen LogP contribution in [0.3, 0.4) is 0 Å². The third kappa shape index (κ3) is 3.35. The van der Waals surface area contributed by atoms with E-state index in [1.165, 1.54) is 18.2 Å². The molecule has 0 aromatic heterocycles. The molecule has 0 saturated carbocycles. The number of carbonyl (C=O) groups excluding carboxylic acids is 1. The first-order valence-electron chi connectivity index (χ1n) is 4.65. The summed E-state index contributed by atoms with van der Waals surface area (Å²) < 4.78 is 28.3. The van der Waals surface area contributed by atoms with Gasteiger partial charge >= 0.3 is 6.61 Å². The maximum atomic E-state index is 12.1. The Morgan fingerprint density at radius 3 is 2.75 bits per heavy atom. The number of halogens is 2. The maximum Gasteiger partial charge on any atom is 0.387 e. The average molecular weight is 224 g/mol. The van der Waals surface area contributed by atoms with Crippen molar-refractivity contribution in [2.45, 2.75) is 19.5 Å². The fourth-order valence-electron chi connectivity index (χ4n) is 1.22. The van der Waals surface area contributed by atoms with Crippen molar-refractivity contribution in [3.63, 3.8) is 0 Å². The third-order valence-corrected chi connectivity index (χ3v) is 1.90. The second-order valence-electron chi connectivity index (χ2n) is 3.00. The van der Waals surface area contributed by atoms with Crippen LogP contribution in [0.4, 0.5) is 8.78 Å². The van der Waals surface area contributed by atoms with Crippen molar-refractivity contribution in [1.29, 1.82) is 0 Å². The van der Waals surface area contributed by atoms with Crippen LogP contribution in [0.15, 0.2) is 24.3 Å². The lowest BCUT2D eigenvalue weighted by atomic mass is 10.1. The summed E-state index contributed by atoms with van der Waals surface area (Å²) in [6.45, 7) is -2.94. The monoisotopic (exact) mass is 224 g/mol. The standard InChI is InChI=1S/C12H10F2O2/c1-2-3-7-10(15)9-6-4-5-8-11(9)16-12(13)14/h1,4-6,8,12H,3,7H2. The SMILES string of the molecule is C#CCCC(=O)c1ccccc1OC(F)F. The minimum absolute atomic E-state index is 0.112. The molecule has 0 atom stereocenters. The molecule has 1 aromatic rings. The van der Waals surface area contributed by atoms with Gasteiger partial charge in [0.1, 0.15) is 5.75 Å². The number of alkyl halides is 2. The fourth-order valence-corrected chi connectivity index (χ4v) is 1.22. The molecule has 0 aliphatic rings. The normalized spacial score (nSPS) is 9.88. The van der Waals surface area contributed by atoms with E-state index in [0.29, 0.717) is 0 Å². The minimum atomic E-state index is -2.94. The van der Waals surface area contributed by atoms with Gasteiger partial charge in [0.2, 0.25) is 0 Å². The number of rotatable bonds is 5. The Hall–Kier alpha value is -1.89. The summed E-state index contributed by atoms with van der Waals surface area (Å²) in [6.07, 6.45) is 5.42. The number of ketones is 1. The van der Waals surface area contributed by atoms with Gasteiger partial charge in [0.15, 0.2) is 5.78 Å². The molecule has 0 fully saturated rings. The van der Waals surface area contributed by atoms with E-state index in [0.717, 1.165) is 0 Å². The highest BCUT2D eigenvalue weighted by atomic mass is 19.3. The number of para-hydroxylation sites is 1. The molecule has 0 radical (unpaired) electrons. The molecule has 4 heteroatoms. The Bertz CT molecular complexity index is 408. The number of terminal acetylenes is 1. The highest BCUT2D eigenvalue weighted by molar-refractivity contribution is 5.98. The van der Waals surface area contributed by atoms with Crippen LogP contribution in [0.1, 0.15) is 23.2 Å². The molecule has 0 bridgehead atoms.